The van der Waals surface area contributed by atoms with E-state index in [0.29, 0.717) is 19.3 Å². The molecule has 1 heteroatoms. The molecule has 0 aliphatic heterocycles. The SMILES string of the molecule is OC(Cc1ccccc1)(Cc1ccccc1)Cc1cccc2ccccc12. The zero-order chi connectivity index (χ0) is 18.5. The zero-order valence-corrected chi connectivity index (χ0v) is 15.4. The lowest BCUT2D eigenvalue weighted by Crippen LogP contribution is -2.37. The fourth-order valence-corrected chi connectivity index (χ4v) is 3.94. The van der Waals surface area contributed by atoms with Crippen molar-refractivity contribution >= 4 is 10.8 Å². The normalized spacial score (nSPS) is 11.6. The van der Waals surface area contributed by atoms with Crippen LogP contribution in [0.4, 0.5) is 0 Å². The second-order valence-corrected chi connectivity index (χ2v) is 7.36. The molecule has 0 radical (unpaired) electrons. The van der Waals surface area contributed by atoms with Crippen LogP contribution in [0.1, 0.15) is 16.7 Å². The Balaban J connectivity index is 1.70. The summed E-state index contributed by atoms with van der Waals surface area (Å²) in [5, 5.41) is 14.2. The summed E-state index contributed by atoms with van der Waals surface area (Å²) in [6, 6.07) is 35.3. The summed E-state index contributed by atoms with van der Waals surface area (Å²) >= 11 is 0. The van der Waals surface area contributed by atoms with E-state index in [1.807, 2.05) is 36.4 Å². The average molecular weight is 352 g/mol. The first-order valence-corrected chi connectivity index (χ1v) is 9.49. The van der Waals surface area contributed by atoms with Crippen LogP contribution in [0.5, 0.6) is 0 Å². The Hall–Kier alpha value is -2.90. The predicted octanol–water partition coefficient (Wildman–Crippen LogP) is 5.60. The van der Waals surface area contributed by atoms with Gasteiger partial charge in [-0.3, -0.25) is 0 Å². The molecule has 4 rings (SSSR count). The van der Waals surface area contributed by atoms with Gasteiger partial charge in [0, 0.05) is 19.3 Å². The summed E-state index contributed by atoms with van der Waals surface area (Å²) < 4.78 is 0. The fourth-order valence-electron chi connectivity index (χ4n) is 3.94. The van der Waals surface area contributed by atoms with Crippen LogP contribution < -0.4 is 0 Å². The number of hydrogen-bond acceptors (Lipinski definition) is 1. The maximum atomic E-state index is 11.7. The van der Waals surface area contributed by atoms with Gasteiger partial charge >= 0.3 is 0 Å². The molecule has 0 heterocycles. The third kappa shape index (κ3) is 4.27. The Morgan fingerprint density at radius 2 is 1.04 bits per heavy atom. The number of fused-ring (bicyclic) bond motifs is 1. The van der Waals surface area contributed by atoms with E-state index < -0.39 is 5.60 Å². The second-order valence-electron chi connectivity index (χ2n) is 7.36. The van der Waals surface area contributed by atoms with Crippen molar-refractivity contribution in [2.24, 2.45) is 0 Å². The Kier molecular flexibility index (Phi) is 5.04. The zero-order valence-electron chi connectivity index (χ0n) is 15.4. The Morgan fingerprint density at radius 3 is 1.67 bits per heavy atom. The van der Waals surface area contributed by atoms with Crippen LogP contribution in [-0.4, -0.2) is 10.7 Å². The summed E-state index contributed by atoms with van der Waals surface area (Å²) in [6.45, 7) is 0. The van der Waals surface area contributed by atoms with E-state index in [1.165, 1.54) is 16.3 Å². The molecule has 0 fully saturated rings. The van der Waals surface area contributed by atoms with Gasteiger partial charge in [-0.15, -0.1) is 0 Å². The van der Waals surface area contributed by atoms with E-state index in [9.17, 15) is 5.11 Å². The molecule has 27 heavy (non-hydrogen) atoms. The van der Waals surface area contributed by atoms with Crippen LogP contribution in [0.15, 0.2) is 103 Å². The van der Waals surface area contributed by atoms with E-state index in [1.54, 1.807) is 0 Å². The molecule has 0 aliphatic rings. The molecule has 0 spiro atoms. The fraction of sp³-hybridized carbons (Fsp3) is 0.154. The molecule has 0 saturated heterocycles. The quantitative estimate of drug-likeness (QED) is 0.479. The van der Waals surface area contributed by atoms with Crippen molar-refractivity contribution in [3.05, 3.63) is 120 Å². The van der Waals surface area contributed by atoms with Gasteiger partial charge in [-0.1, -0.05) is 103 Å². The van der Waals surface area contributed by atoms with E-state index in [-0.39, 0.29) is 0 Å². The third-order valence-electron chi connectivity index (χ3n) is 5.15. The first kappa shape index (κ1) is 17.5. The van der Waals surface area contributed by atoms with Gasteiger partial charge in [-0.2, -0.15) is 0 Å². The largest absolute Gasteiger partial charge is 0.389 e. The van der Waals surface area contributed by atoms with E-state index in [2.05, 4.69) is 66.7 Å². The molecule has 1 N–H and O–H groups in total. The summed E-state index contributed by atoms with van der Waals surface area (Å²) in [4.78, 5) is 0. The van der Waals surface area contributed by atoms with Gasteiger partial charge in [-0.05, 0) is 27.5 Å². The van der Waals surface area contributed by atoms with Crippen LogP contribution in [0.2, 0.25) is 0 Å². The average Bonchev–Trinajstić information content (AvgIpc) is 2.69. The minimum absolute atomic E-state index is 0.623. The number of aliphatic hydroxyl groups is 1. The highest BCUT2D eigenvalue weighted by molar-refractivity contribution is 5.85. The molecule has 4 aromatic rings. The lowest BCUT2D eigenvalue weighted by atomic mass is 9.82. The number of benzene rings is 4. The highest BCUT2D eigenvalue weighted by atomic mass is 16.3. The molecule has 0 aromatic heterocycles. The molecule has 0 bridgehead atoms. The van der Waals surface area contributed by atoms with Gasteiger partial charge in [0.1, 0.15) is 0 Å². The Labute approximate surface area is 160 Å². The minimum Gasteiger partial charge on any atom is -0.389 e. The van der Waals surface area contributed by atoms with Crippen LogP contribution in [0.25, 0.3) is 10.8 Å². The monoisotopic (exact) mass is 352 g/mol. The number of rotatable bonds is 6. The third-order valence-corrected chi connectivity index (χ3v) is 5.15. The first-order valence-electron chi connectivity index (χ1n) is 9.49. The molecule has 0 atom stereocenters. The van der Waals surface area contributed by atoms with Gasteiger partial charge < -0.3 is 5.11 Å². The Morgan fingerprint density at radius 1 is 0.519 bits per heavy atom. The van der Waals surface area contributed by atoms with Crippen molar-refractivity contribution in [3.63, 3.8) is 0 Å². The molecule has 0 saturated carbocycles. The maximum Gasteiger partial charge on any atom is 0.0768 e. The maximum absolute atomic E-state index is 11.7. The summed E-state index contributed by atoms with van der Waals surface area (Å²) in [5.74, 6) is 0. The van der Waals surface area contributed by atoms with Crippen molar-refractivity contribution in [2.45, 2.75) is 24.9 Å². The summed E-state index contributed by atoms with van der Waals surface area (Å²) in [6.07, 6.45) is 1.88. The van der Waals surface area contributed by atoms with Crippen molar-refractivity contribution in [1.29, 1.82) is 0 Å². The van der Waals surface area contributed by atoms with Crippen LogP contribution in [0, 0.1) is 0 Å². The first-order chi connectivity index (χ1) is 13.2. The Bertz CT molecular complexity index is 959. The standard InChI is InChI=1S/C26H24O/c27-26(18-21-10-3-1-4-11-21,19-22-12-5-2-6-13-22)20-24-16-9-15-23-14-7-8-17-25(23)24/h1-17,27H,18-20H2. The number of hydrogen-bond donors (Lipinski definition) is 1. The summed E-state index contributed by atoms with van der Waals surface area (Å²) in [7, 11) is 0. The van der Waals surface area contributed by atoms with Crippen molar-refractivity contribution in [3.8, 4) is 0 Å². The van der Waals surface area contributed by atoms with Crippen molar-refractivity contribution < 1.29 is 5.11 Å². The van der Waals surface area contributed by atoms with Crippen molar-refractivity contribution in [2.75, 3.05) is 0 Å². The lowest BCUT2D eigenvalue weighted by molar-refractivity contribution is 0.0414. The van der Waals surface area contributed by atoms with Crippen LogP contribution in [0.3, 0.4) is 0 Å². The topological polar surface area (TPSA) is 20.2 Å². The smallest absolute Gasteiger partial charge is 0.0768 e. The predicted molar refractivity (Wildman–Crippen MR) is 113 cm³/mol. The molecular formula is C26H24O. The molecular weight excluding hydrogens is 328 g/mol. The molecule has 4 aromatic carbocycles. The molecule has 1 nitrogen and oxygen atoms in total. The van der Waals surface area contributed by atoms with E-state index >= 15 is 0 Å². The van der Waals surface area contributed by atoms with Crippen LogP contribution in [-0.2, 0) is 19.3 Å². The van der Waals surface area contributed by atoms with E-state index in [0.717, 1.165) is 11.1 Å². The second kappa shape index (κ2) is 7.77. The minimum atomic E-state index is -0.840. The molecule has 0 amide bonds. The van der Waals surface area contributed by atoms with Gasteiger partial charge in [-0.25, -0.2) is 0 Å². The molecule has 0 unspecified atom stereocenters. The van der Waals surface area contributed by atoms with Crippen LogP contribution >= 0.6 is 0 Å². The lowest BCUT2D eigenvalue weighted by Gasteiger charge is -2.29. The van der Waals surface area contributed by atoms with Gasteiger partial charge in [0.05, 0.1) is 5.60 Å². The molecule has 0 aliphatic carbocycles. The highest BCUT2D eigenvalue weighted by Gasteiger charge is 2.29. The van der Waals surface area contributed by atoms with Crippen molar-refractivity contribution in [1.82, 2.24) is 0 Å². The van der Waals surface area contributed by atoms with Gasteiger partial charge in [0.15, 0.2) is 0 Å². The summed E-state index contributed by atoms with van der Waals surface area (Å²) in [5.41, 5.74) is 2.68. The van der Waals surface area contributed by atoms with Gasteiger partial charge in [0.2, 0.25) is 0 Å². The van der Waals surface area contributed by atoms with E-state index in [4.69, 9.17) is 0 Å². The highest BCUT2D eigenvalue weighted by Crippen LogP contribution is 2.28. The molecule has 134 valence electrons. The van der Waals surface area contributed by atoms with Gasteiger partial charge in [0.25, 0.3) is 0 Å².